The highest BCUT2D eigenvalue weighted by Gasteiger charge is 2.46. The first kappa shape index (κ1) is 18.3. The van der Waals surface area contributed by atoms with E-state index in [1.54, 1.807) is 0 Å². The molecule has 0 aliphatic carbocycles. The van der Waals surface area contributed by atoms with Crippen molar-refractivity contribution in [2.24, 2.45) is 0 Å². The van der Waals surface area contributed by atoms with Crippen molar-refractivity contribution in [2.45, 2.75) is 31.9 Å². The van der Waals surface area contributed by atoms with E-state index < -0.39 is 0 Å². The molecule has 4 rings (SSSR count). The summed E-state index contributed by atoms with van der Waals surface area (Å²) in [4.78, 5) is 23.4. The molecule has 2 fully saturated rings. The second kappa shape index (κ2) is 7.13. The van der Waals surface area contributed by atoms with Crippen LogP contribution in [-0.2, 0) is 11.3 Å². The number of carbonyl (C=O) groups is 1. The van der Waals surface area contributed by atoms with Crippen LogP contribution < -0.4 is 0 Å². The largest absolute Gasteiger partial charge is 0.441 e. The summed E-state index contributed by atoms with van der Waals surface area (Å²) in [6.45, 7) is 7.07. The minimum atomic E-state index is -0.300. The van der Waals surface area contributed by atoms with Crippen LogP contribution in [0.4, 0.5) is 4.79 Å². The maximum absolute atomic E-state index is 12.2. The third-order valence-electron chi connectivity index (χ3n) is 5.80. The Morgan fingerprint density at radius 2 is 2.04 bits per heavy atom. The maximum Gasteiger partial charge on any atom is 0.410 e. The monoisotopic (exact) mass is 371 g/mol. The maximum atomic E-state index is 12.2. The van der Waals surface area contributed by atoms with Crippen molar-refractivity contribution in [1.82, 2.24) is 24.1 Å². The van der Waals surface area contributed by atoms with Crippen LogP contribution >= 0.6 is 0 Å². The average molecular weight is 371 g/mol. The number of aryl methyl sites for hydroxylation is 1. The molecule has 7 heteroatoms. The van der Waals surface area contributed by atoms with E-state index in [0.717, 1.165) is 63.6 Å². The van der Waals surface area contributed by atoms with Gasteiger partial charge < -0.3 is 18.9 Å². The zero-order valence-corrected chi connectivity index (χ0v) is 16.5. The molecule has 0 saturated carbocycles. The number of hydrogen-bond acceptors (Lipinski definition) is 5. The molecule has 2 aromatic rings. The number of hydrogen-bond donors (Lipinski definition) is 0. The predicted octanol–water partition coefficient (Wildman–Crippen LogP) is 1.99. The number of rotatable bonds is 5. The van der Waals surface area contributed by atoms with Crippen molar-refractivity contribution in [2.75, 3.05) is 46.8 Å². The van der Waals surface area contributed by atoms with Crippen molar-refractivity contribution in [1.29, 1.82) is 0 Å². The summed E-state index contributed by atoms with van der Waals surface area (Å²) >= 11 is 0. The van der Waals surface area contributed by atoms with Crippen LogP contribution in [0.25, 0.3) is 5.52 Å². The second-order valence-corrected chi connectivity index (χ2v) is 8.11. The summed E-state index contributed by atoms with van der Waals surface area (Å²) in [7, 11) is 4.05. The topological polar surface area (TPSA) is 53.3 Å². The number of carbonyl (C=O) groups excluding carboxylic acids is 1. The Bertz CT molecular complexity index is 823. The molecule has 2 aromatic heterocycles. The quantitative estimate of drug-likeness (QED) is 0.805. The van der Waals surface area contributed by atoms with Gasteiger partial charge in [-0.1, -0.05) is 6.07 Å². The van der Waals surface area contributed by atoms with Gasteiger partial charge in [-0.05, 0) is 33.2 Å². The molecular formula is C20H29N5O2. The van der Waals surface area contributed by atoms with Crippen LogP contribution in [0.2, 0.25) is 0 Å². The number of amides is 1. The second-order valence-electron chi connectivity index (χ2n) is 8.11. The third-order valence-corrected chi connectivity index (χ3v) is 5.80. The van der Waals surface area contributed by atoms with E-state index in [1.165, 1.54) is 5.52 Å². The van der Waals surface area contributed by atoms with Crippen molar-refractivity contribution in [3.05, 3.63) is 35.9 Å². The minimum Gasteiger partial charge on any atom is -0.441 e. The van der Waals surface area contributed by atoms with Crippen molar-refractivity contribution in [3.8, 4) is 0 Å². The van der Waals surface area contributed by atoms with E-state index >= 15 is 0 Å². The molecule has 7 nitrogen and oxygen atoms in total. The summed E-state index contributed by atoms with van der Waals surface area (Å²) in [5.41, 5.74) is 2.00. The fourth-order valence-electron chi connectivity index (χ4n) is 4.16. The van der Waals surface area contributed by atoms with Gasteiger partial charge in [0, 0.05) is 51.8 Å². The molecule has 0 atom stereocenters. The highest BCUT2D eigenvalue weighted by molar-refractivity contribution is 5.70. The number of pyridine rings is 1. The molecule has 4 heterocycles. The smallest absolute Gasteiger partial charge is 0.410 e. The highest BCUT2D eigenvalue weighted by atomic mass is 16.6. The van der Waals surface area contributed by atoms with Gasteiger partial charge in [0.05, 0.1) is 17.8 Å². The van der Waals surface area contributed by atoms with E-state index in [-0.39, 0.29) is 11.7 Å². The molecule has 146 valence electrons. The number of fused-ring (bicyclic) bond motifs is 1. The normalized spacial score (nSPS) is 20.1. The van der Waals surface area contributed by atoms with Gasteiger partial charge in [-0.25, -0.2) is 9.78 Å². The molecule has 27 heavy (non-hydrogen) atoms. The molecular weight excluding hydrogens is 342 g/mol. The fourth-order valence-corrected chi connectivity index (χ4v) is 4.16. The van der Waals surface area contributed by atoms with Crippen LogP contribution in [0, 0.1) is 6.92 Å². The van der Waals surface area contributed by atoms with Crippen LogP contribution in [-0.4, -0.2) is 82.6 Å². The molecule has 1 amide bonds. The molecule has 0 N–H and O–H groups in total. The molecule has 0 radical (unpaired) electrons. The number of piperidine rings is 1. The van der Waals surface area contributed by atoms with E-state index in [1.807, 2.05) is 32.0 Å². The zero-order valence-electron chi connectivity index (χ0n) is 16.5. The van der Waals surface area contributed by atoms with E-state index in [4.69, 9.17) is 9.72 Å². The van der Waals surface area contributed by atoms with E-state index in [9.17, 15) is 4.79 Å². The third kappa shape index (κ3) is 3.66. The summed E-state index contributed by atoms with van der Waals surface area (Å²) in [5, 5.41) is 0. The zero-order chi connectivity index (χ0) is 19.0. The molecule has 2 saturated heterocycles. The van der Waals surface area contributed by atoms with Crippen LogP contribution in [0.15, 0.2) is 24.4 Å². The standard InChI is InChI=1S/C20H29N5O2/c1-16-21-17(18-6-4-5-9-25(16)18)14-23-10-7-20(8-11-23)15-24(19(26)27-20)13-12-22(2)3/h4-6,9H,7-8,10-15H2,1-3H3. The van der Waals surface area contributed by atoms with Gasteiger partial charge in [-0.3, -0.25) is 4.90 Å². The highest BCUT2D eigenvalue weighted by Crippen LogP contribution is 2.33. The molecule has 2 aliphatic rings. The van der Waals surface area contributed by atoms with Gasteiger partial charge in [-0.15, -0.1) is 0 Å². The molecule has 2 aliphatic heterocycles. The number of likely N-dealkylation sites (N-methyl/N-ethyl adjacent to an activating group) is 1. The number of aromatic nitrogens is 2. The Morgan fingerprint density at radius 3 is 2.78 bits per heavy atom. The van der Waals surface area contributed by atoms with Gasteiger partial charge in [0.2, 0.25) is 0 Å². The summed E-state index contributed by atoms with van der Waals surface area (Å²) in [6.07, 6.45) is 3.69. The summed E-state index contributed by atoms with van der Waals surface area (Å²) in [6, 6.07) is 6.22. The molecule has 0 unspecified atom stereocenters. The van der Waals surface area contributed by atoms with Crippen molar-refractivity contribution >= 4 is 11.6 Å². The Morgan fingerprint density at radius 1 is 1.26 bits per heavy atom. The lowest BCUT2D eigenvalue weighted by molar-refractivity contribution is -0.00140. The van der Waals surface area contributed by atoms with Gasteiger partial charge in [0.15, 0.2) is 0 Å². The molecule has 0 aromatic carbocycles. The van der Waals surface area contributed by atoms with Crippen LogP contribution in [0.3, 0.4) is 0 Å². The fraction of sp³-hybridized carbons (Fsp3) is 0.600. The first-order valence-electron chi connectivity index (χ1n) is 9.73. The predicted molar refractivity (Wildman–Crippen MR) is 104 cm³/mol. The molecule has 0 bridgehead atoms. The van der Waals surface area contributed by atoms with E-state index in [2.05, 4.69) is 32.5 Å². The minimum absolute atomic E-state index is 0.152. The average Bonchev–Trinajstić information content (AvgIpc) is 3.13. The summed E-state index contributed by atoms with van der Waals surface area (Å²) < 4.78 is 7.97. The summed E-state index contributed by atoms with van der Waals surface area (Å²) in [5.74, 6) is 1.02. The number of imidazole rings is 1. The lowest BCUT2D eigenvalue weighted by Gasteiger charge is -2.37. The number of nitrogens with zero attached hydrogens (tertiary/aromatic N) is 5. The number of likely N-dealkylation sites (tertiary alicyclic amines) is 1. The SMILES string of the molecule is Cc1nc(CN2CCC3(CC2)CN(CCN(C)C)C(=O)O3)c2ccccn12. The van der Waals surface area contributed by atoms with Crippen molar-refractivity contribution < 1.29 is 9.53 Å². The van der Waals surface area contributed by atoms with Gasteiger partial charge in [0.1, 0.15) is 11.4 Å². The lowest BCUT2D eigenvalue weighted by Crippen LogP contribution is -2.46. The van der Waals surface area contributed by atoms with Crippen LogP contribution in [0.1, 0.15) is 24.4 Å². The Balaban J connectivity index is 1.37. The van der Waals surface area contributed by atoms with Crippen molar-refractivity contribution in [3.63, 3.8) is 0 Å². The first-order chi connectivity index (χ1) is 13.0. The Labute approximate surface area is 160 Å². The molecule has 1 spiro atoms. The van der Waals surface area contributed by atoms with Crippen LogP contribution in [0.5, 0.6) is 0 Å². The first-order valence-corrected chi connectivity index (χ1v) is 9.73. The Kier molecular flexibility index (Phi) is 4.82. The van der Waals surface area contributed by atoms with Gasteiger partial charge in [0.25, 0.3) is 0 Å². The lowest BCUT2D eigenvalue weighted by atomic mass is 9.91. The van der Waals surface area contributed by atoms with E-state index in [0.29, 0.717) is 0 Å². The van der Waals surface area contributed by atoms with Gasteiger partial charge in [-0.2, -0.15) is 0 Å². The number of ether oxygens (including phenoxy) is 1. The van der Waals surface area contributed by atoms with Gasteiger partial charge >= 0.3 is 6.09 Å². The Hall–Kier alpha value is -2.12.